The lowest BCUT2D eigenvalue weighted by molar-refractivity contribution is 0.762. The quantitative estimate of drug-likeness (QED) is 0.569. The van der Waals surface area contributed by atoms with Gasteiger partial charge in [0.25, 0.3) is 0 Å². The highest BCUT2D eigenvalue weighted by atomic mass is 35.5. The summed E-state index contributed by atoms with van der Waals surface area (Å²) >= 11 is 5.99. The van der Waals surface area contributed by atoms with Crippen molar-refractivity contribution in [2.75, 3.05) is 7.05 Å². The van der Waals surface area contributed by atoms with Gasteiger partial charge in [-0.05, 0) is 29.8 Å². The number of fused-ring (bicyclic) bond motifs is 1. The minimum absolute atomic E-state index is 0.528. The van der Waals surface area contributed by atoms with Crippen molar-refractivity contribution in [1.29, 1.82) is 0 Å². The Balaban J connectivity index is 1.60. The Hall–Kier alpha value is -2.60. The molecular weight excluding hydrogens is 312 g/mol. The predicted molar refractivity (Wildman–Crippen MR) is 91.5 cm³/mol. The van der Waals surface area contributed by atoms with Crippen LogP contribution in [-0.2, 0) is 13.1 Å². The Labute approximate surface area is 139 Å². The Kier molecular flexibility index (Phi) is 4.73. The highest BCUT2D eigenvalue weighted by Gasteiger charge is 2.05. The van der Waals surface area contributed by atoms with E-state index in [-0.39, 0.29) is 0 Å². The third-order valence-corrected chi connectivity index (χ3v) is 3.61. The number of halogens is 1. The molecule has 0 aliphatic heterocycles. The maximum atomic E-state index is 5.99. The maximum Gasteiger partial charge on any atom is 0.191 e. The standard InChI is InChI=1S/C16H17ClN6/c1-18-16(19-10-12-5-4-6-13(17)9-12)20-11-15-22-21-14-7-2-3-8-23(14)15/h2-9H,10-11H2,1H3,(H2,18,19,20). The summed E-state index contributed by atoms with van der Waals surface area (Å²) in [5.74, 6) is 1.52. The number of rotatable bonds is 4. The lowest BCUT2D eigenvalue weighted by Crippen LogP contribution is -2.36. The van der Waals surface area contributed by atoms with Crippen LogP contribution in [-0.4, -0.2) is 27.6 Å². The van der Waals surface area contributed by atoms with Crippen LogP contribution in [0.15, 0.2) is 53.7 Å². The van der Waals surface area contributed by atoms with Gasteiger partial charge < -0.3 is 10.6 Å². The van der Waals surface area contributed by atoms with Crippen LogP contribution in [0.1, 0.15) is 11.4 Å². The molecule has 0 aliphatic rings. The first-order valence-electron chi connectivity index (χ1n) is 7.24. The van der Waals surface area contributed by atoms with Crippen LogP contribution in [0.3, 0.4) is 0 Å². The second-order valence-electron chi connectivity index (χ2n) is 4.95. The van der Waals surface area contributed by atoms with E-state index in [1.807, 2.05) is 53.1 Å². The minimum atomic E-state index is 0.528. The zero-order chi connectivity index (χ0) is 16.1. The fraction of sp³-hybridized carbons (Fsp3) is 0.188. The molecule has 2 heterocycles. The molecule has 7 heteroatoms. The first kappa shape index (κ1) is 15.3. The number of aromatic nitrogens is 3. The highest BCUT2D eigenvalue weighted by Crippen LogP contribution is 2.10. The largest absolute Gasteiger partial charge is 0.352 e. The van der Waals surface area contributed by atoms with E-state index in [9.17, 15) is 0 Å². The summed E-state index contributed by atoms with van der Waals surface area (Å²) in [4.78, 5) is 4.21. The smallest absolute Gasteiger partial charge is 0.191 e. The topological polar surface area (TPSA) is 66.6 Å². The Morgan fingerprint density at radius 3 is 2.83 bits per heavy atom. The average molecular weight is 329 g/mol. The summed E-state index contributed by atoms with van der Waals surface area (Å²) in [6.07, 6.45) is 1.94. The van der Waals surface area contributed by atoms with Crippen LogP contribution in [0, 0.1) is 0 Å². The van der Waals surface area contributed by atoms with Crippen molar-refractivity contribution >= 4 is 23.2 Å². The van der Waals surface area contributed by atoms with Crippen molar-refractivity contribution in [1.82, 2.24) is 25.2 Å². The Morgan fingerprint density at radius 1 is 1.13 bits per heavy atom. The number of aliphatic imine (C=N–C) groups is 1. The second kappa shape index (κ2) is 7.11. The maximum absolute atomic E-state index is 5.99. The summed E-state index contributed by atoms with van der Waals surface area (Å²) in [6, 6.07) is 13.5. The van der Waals surface area contributed by atoms with Crippen LogP contribution in [0.2, 0.25) is 5.02 Å². The fourth-order valence-corrected chi connectivity index (χ4v) is 2.44. The van der Waals surface area contributed by atoms with E-state index in [4.69, 9.17) is 11.6 Å². The molecule has 6 nitrogen and oxygen atoms in total. The molecule has 118 valence electrons. The summed E-state index contributed by atoms with van der Waals surface area (Å²) < 4.78 is 1.94. The number of pyridine rings is 1. The molecule has 0 fully saturated rings. The van der Waals surface area contributed by atoms with Gasteiger partial charge in [0.05, 0.1) is 6.54 Å². The molecule has 0 bridgehead atoms. The lowest BCUT2D eigenvalue weighted by atomic mass is 10.2. The van der Waals surface area contributed by atoms with Gasteiger partial charge in [0.15, 0.2) is 17.4 Å². The number of hydrogen-bond acceptors (Lipinski definition) is 3. The summed E-state index contributed by atoms with van der Waals surface area (Å²) in [7, 11) is 1.73. The van der Waals surface area contributed by atoms with Crippen LogP contribution >= 0.6 is 11.6 Å². The molecule has 1 aromatic carbocycles. The van der Waals surface area contributed by atoms with Crippen molar-refractivity contribution in [3.8, 4) is 0 Å². The van der Waals surface area contributed by atoms with E-state index < -0.39 is 0 Å². The third kappa shape index (κ3) is 3.78. The van der Waals surface area contributed by atoms with Gasteiger partial charge in [0, 0.05) is 24.8 Å². The Morgan fingerprint density at radius 2 is 2.00 bits per heavy atom. The molecule has 2 N–H and O–H groups in total. The molecule has 0 atom stereocenters. The molecule has 0 unspecified atom stereocenters. The predicted octanol–water partition coefficient (Wildman–Crippen LogP) is 2.25. The normalized spacial score (nSPS) is 11.7. The van der Waals surface area contributed by atoms with Crippen LogP contribution in [0.4, 0.5) is 0 Å². The van der Waals surface area contributed by atoms with Gasteiger partial charge in [-0.25, -0.2) is 0 Å². The van der Waals surface area contributed by atoms with E-state index in [0.29, 0.717) is 19.0 Å². The van der Waals surface area contributed by atoms with E-state index in [0.717, 1.165) is 22.1 Å². The molecule has 0 spiro atoms. The molecule has 0 saturated heterocycles. The van der Waals surface area contributed by atoms with Gasteiger partial charge in [0.1, 0.15) is 0 Å². The van der Waals surface area contributed by atoms with E-state index >= 15 is 0 Å². The Bertz CT molecular complexity index is 826. The van der Waals surface area contributed by atoms with Crippen LogP contribution in [0.25, 0.3) is 5.65 Å². The zero-order valence-corrected chi connectivity index (χ0v) is 13.5. The summed E-state index contributed by atoms with van der Waals surface area (Å²) in [5.41, 5.74) is 1.92. The monoisotopic (exact) mass is 328 g/mol. The van der Waals surface area contributed by atoms with E-state index in [2.05, 4.69) is 25.8 Å². The molecule has 23 heavy (non-hydrogen) atoms. The number of nitrogens with one attached hydrogen (secondary N) is 2. The molecule has 2 aromatic heterocycles. The van der Waals surface area contributed by atoms with Gasteiger partial charge in [-0.3, -0.25) is 9.39 Å². The van der Waals surface area contributed by atoms with Gasteiger partial charge in [-0.1, -0.05) is 29.8 Å². The SMILES string of the molecule is CN=C(NCc1cccc(Cl)c1)NCc1nnc2ccccn12. The number of hydrogen-bond donors (Lipinski definition) is 2. The van der Waals surface area contributed by atoms with E-state index in [1.54, 1.807) is 7.05 Å². The molecule has 3 aromatic rings. The molecular formula is C16H17ClN6. The summed E-state index contributed by atoms with van der Waals surface area (Å²) in [6.45, 7) is 1.17. The van der Waals surface area contributed by atoms with Crippen molar-refractivity contribution in [3.63, 3.8) is 0 Å². The van der Waals surface area contributed by atoms with Crippen LogP contribution in [0.5, 0.6) is 0 Å². The van der Waals surface area contributed by atoms with Crippen molar-refractivity contribution in [3.05, 3.63) is 65.1 Å². The second-order valence-corrected chi connectivity index (χ2v) is 5.39. The van der Waals surface area contributed by atoms with Gasteiger partial charge in [0.2, 0.25) is 0 Å². The minimum Gasteiger partial charge on any atom is -0.352 e. The molecule has 0 amide bonds. The number of benzene rings is 1. The van der Waals surface area contributed by atoms with Crippen LogP contribution < -0.4 is 10.6 Å². The highest BCUT2D eigenvalue weighted by molar-refractivity contribution is 6.30. The average Bonchev–Trinajstić information content (AvgIpc) is 2.98. The molecule has 0 aliphatic carbocycles. The number of nitrogens with zero attached hydrogens (tertiary/aromatic N) is 4. The first-order chi connectivity index (χ1) is 11.3. The molecule has 0 saturated carbocycles. The first-order valence-corrected chi connectivity index (χ1v) is 7.61. The van der Waals surface area contributed by atoms with Crippen molar-refractivity contribution in [2.45, 2.75) is 13.1 Å². The number of guanidine groups is 1. The van der Waals surface area contributed by atoms with Gasteiger partial charge in [-0.15, -0.1) is 10.2 Å². The zero-order valence-electron chi connectivity index (χ0n) is 12.7. The van der Waals surface area contributed by atoms with E-state index in [1.165, 1.54) is 0 Å². The molecule has 0 radical (unpaired) electrons. The van der Waals surface area contributed by atoms with Crippen molar-refractivity contribution < 1.29 is 0 Å². The van der Waals surface area contributed by atoms with Crippen molar-refractivity contribution in [2.24, 2.45) is 4.99 Å². The lowest BCUT2D eigenvalue weighted by Gasteiger charge is -2.11. The third-order valence-electron chi connectivity index (χ3n) is 3.37. The summed E-state index contributed by atoms with van der Waals surface area (Å²) in [5, 5.41) is 15.5. The van der Waals surface area contributed by atoms with Gasteiger partial charge >= 0.3 is 0 Å². The molecule has 3 rings (SSSR count). The van der Waals surface area contributed by atoms with Gasteiger partial charge in [-0.2, -0.15) is 0 Å². The fourth-order valence-electron chi connectivity index (χ4n) is 2.23.